The number of imide groups is 1. The molecule has 2 amide bonds. The normalized spacial score (nSPS) is 11.2. The van der Waals surface area contributed by atoms with Gasteiger partial charge in [-0.3, -0.25) is 14.5 Å². The largest absolute Gasteiger partial charge is 0.279 e. The summed E-state index contributed by atoms with van der Waals surface area (Å²) in [7, 11) is 0. The zero-order valence-electron chi connectivity index (χ0n) is 9.43. The second-order valence-corrected chi connectivity index (χ2v) is 3.32. The maximum absolute atomic E-state index is 11.6. The highest BCUT2D eigenvalue weighted by Gasteiger charge is 2.16. The van der Waals surface area contributed by atoms with E-state index in [1.807, 2.05) is 13.0 Å². The van der Waals surface area contributed by atoms with Crippen molar-refractivity contribution in [2.24, 2.45) is 0 Å². The van der Waals surface area contributed by atoms with E-state index in [4.69, 9.17) is 0 Å². The summed E-state index contributed by atoms with van der Waals surface area (Å²) in [4.78, 5) is 23.4. The molecular formula is C12H17NO2. The third-order valence-corrected chi connectivity index (χ3v) is 1.78. The van der Waals surface area contributed by atoms with Crippen molar-refractivity contribution in [3.05, 3.63) is 36.5 Å². The highest BCUT2D eigenvalue weighted by atomic mass is 16.2. The summed E-state index contributed by atoms with van der Waals surface area (Å²) >= 11 is 0. The van der Waals surface area contributed by atoms with Crippen LogP contribution in [0.4, 0.5) is 0 Å². The van der Waals surface area contributed by atoms with Crippen LogP contribution in [0.15, 0.2) is 36.5 Å². The number of rotatable bonds is 5. The van der Waals surface area contributed by atoms with Crippen molar-refractivity contribution in [2.45, 2.75) is 26.8 Å². The topological polar surface area (TPSA) is 37.4 Å². The number of hydrogen-bond donors (Lipinski definition) is 0. The van der Waals surface area contributed by atoms with Crippen LogP contribution in [0.1, 0.15) is 20.8 Å². The molecule has 0 radical (unpaired) electrons. The van der Waals surface area contributed by atoms with Crippen LogP contribution in [-0.2, 0) is 9.59 Å². The van der Waals surface area contributed by atoms with Crippen molar-refractivity contribution in [2.75, 3.05) is 0 Å². The van der Waals surface area contributed by atoms with Crippen LogP contribution in [0.2, 0.25) is 0 Å². The molecule has 0 spiro atoms. The minimum atomic E-state index is -0.360. The van der Waals surface area contributed by atoms with Gasteiger partial charge in [0.2, 0.25) is 6.41 Å². The standard InChI is InChI=1S/C12H17NO2/c1-5-6-7-8-11(4)12(15)13(9-14)10(2)3/h5-10H,4H2,1-3H3/b6-5-,8-7-. The van der Waals surface area contributed by atoms with E-state index in [0.29, 0.717) is 12.0 Å². The van der Waals surface area contributed by atoms with E-state index < -0.39 is 0 Å². The van der Waals surface area contributed by atoms with E-state index in [-0.39, 0.29) is 11.9 Å². The quantitative estimate of drug-likeness (QED) is 0.393. The van der Waals surface area contributed by atoms with Gasteiger partial charge in [-0.05, 0) is 20.8 Å². The van der Waals surface area contributed by atoms with Gasteiger partial charge in [-0.25, -0.2) is 0 Å². The van der Waals surface area contributed by atoms with Gasteiger partial charge in [0.05, 0.1) is 0 Å². The second kappa shape index (κ2) is 6.76. The average Bonchev–Trinajstić information content (AvgIpc) is 2.18. The summed E-state index contributed by atoms with van der Waals surface area (Å²) in [6, 6.07) is -0.151. The lowest BCUT2D eigenvalue weighted by atomic mass is 10.2. The molecule has 0 unspecified atom stereocenters. The maximum Gasteiger partial charge on any atom is 0.259 e. The Morgan fingerprint density at radius 3 is 2.33 bits per heavy atom. The van der Waals surface area contributed by atoms with Crippen molar-refractivity contribution in [3.63, 3.8) is 0 Å². The molecule has 0 fully saturated rings. The fourth-order valence-corrected chi connectivity index (χ4v) is 0.924. The van der Waals surface area contributed by atoms with Crippen LogP contribution in [0.25, 0.3) is 0 Å². The van der Waals surface area contributed by atoms with Crippen LogP contribution >= 0.6 is 0 Å². The first kappa shape index (κ1) is 13.4. The fraction of sp³-hybridized carbons (Fsp3) is 0.333. The van der Waals surface area contributed by atoms with Crippen LogP contribution in [0.3, 0.4) is 0 Å². The Morgan fingerprint density at radius 1 is 1.33 bits per heavy atom. The molecule has 0 aliphatic heterocycles. The van der Waals surface area contributed by atoms with Gasteiger partial charge in [0.25, 0.3) is 5.91 Å². The first-order chi connectivity index (χ1) is 7.04. The smallest absolute Gasteiger partial charge is 0.259 e. The highest BCUT2D eigenvalue weighted by molar-refractivity contribution is 6.01. The van der Waals surface area contributed by atoms with Crippen molar-refractivity contribution in [1.82, 2.24) is 4.90 Å². The molecule has 0 bridgehead atoms. The first-order valence-corrected chi connectivity index (χ1v) is 4.80. The molecule has 0 N–H and O–H groups in total. The average molecular weight is 207 g/mol. The lowest BCUT2D eigenvalue weighted by molar-refractivity contribution is -0.136. The Morgan fingerprint density at radius 2 is 1.93 bits per heavy atom. The molecule has 82 valence electrons. The molecule has 0 aromatic rings. The van der Waals surface area contributed by atoms with Gasteiger partial charge in [0, 0.05) is 11.6 Å². The van der Waals surface area contributed by atoms with Crippen LogP contribution < -0.4 is 0 Å². The molecule has 0 saturated heterocycles. The Bertz CT molecular complexity index is 301. The summed E-state index contributed by atoms with van der Waals surface area (Å²) < 4.78 is 0. The van der Waals surface area contributed by atoms with E-state index in [9.17, 15) is 9.59 Å². The first-order valence-electron chi connectivity index (χ1n) is 4.80. The number of nitrogens with zero attached hydrogens (tertiary/aromatic N) is 1. The van der Waals surface area contributed by atoms with Crippen molar-refractivity contribution < 1.29 is 9.59 Å². The van der Waals surface area contributed by atoms with E-state index in [0.717, 1.165) is 4.90 Å². The molecule has 0 aliphatic rings. The molecule has 0 saturated carbocycles. The van der Waals surface area contributed by atoms with Gasteiger partial charge in [-0.15, -0.1) is 0 Å². The molecular weight excluding hydrogens is 190 g/mol. The third kappa shape index (κ3) is 4.40. The number of hydrogen-bond acceptors (Lipinski definition) is 2. The summed E-state index contributed by atoms with van der Waals surface area (Å²) in [5.74, 6) is -0.360. The molecule has 0 heterocycles. The van der Waals surface area contributed by atoms with E-state index in [2.05, 4.69) is 6.58 Å². The van der Waals surface area contributed by atoms with E-state index >= 15 is 0 Å². The van der Waals surface area contributed by atoms with Crippen LogP contribution in [0.5, 0.6) is 0 Å². The highest BCUT2D eigenvalue weighted by Crippen LogP contribution is 2.04. The Kier molecular flexibility index (Phi) is 6.02. The molecule has 0 aliphatic carbocycles. The van der Waals surface area contributed by atoms with Gasteiger partial charge >= 0.3 is 0 Å². The maximum atomic E-state index is 11.6. The summed E-state index contributed by atoms with van der Waals surface area (Å²) in [5, 5.41) is 0. The van der Waals surface area contributed by atoms with E-state index in [1.165, 1.54) is 0 Å². The van der Waals surface area contributed by atoms with Crippen molar-refractivity contribution in [3.8, 4) is 0 Å². The Labute approximate surface area is 90.8 Å². The number of allylic oxidation sites excluding steroid dienone is 3. The number of carbonyl (C=O) groups excluding carboxylic acids is 2. The minimum Gasteiger partial charge on any atom is -0.279 e. The van der Waals surface area contributed by atoms with Gasteiger partial charge < -0.3 is 0 Å². The Hall–Kier alpha value is -1.64. The van der Waals surface area contributed by atoms with Gasteiger partial charge in [-0.1, -0.05) is 30.9 Å². The summed E-state index contributed by atoms with van der Waals surface area (Å²) in [6.07, 6.45) is 7.46. The van der Waals surface area contributed by atoms with Crippen molar-refractivity contribution in [1.29, 1.82) is 0 Å². The predicted molar refractivity (Wildman–Crippen MR) is 61.1 cm³/mol. The third-order valence-electron chi connectivity index (χ3n) is 1.78. The fourth-order valence-electron chi connectivity index (χ4n) is 0.924. The number of carbonyl (C=O) groups is 2. The van der Waals surface area contributed by atoms with Gasteiger partial charge in [0.15, 0.2) is 0 Å². The van der Waals surface area contributed by atoms with Gasteiger partial charge in [0.1, 0.15) is 0 Å². The van der Waals surface area contributed by atoms with Crippen LogP contribution in [0, 0.1) is 0 Å². The molecule has 0 aromatic heterocycles. The van der Waals surface area contributed by atoms with E-state index in [1.54, 1.807) is 32.1 Å². The minimum absolute atomic E-state index is 0.151. The lowest BCUT2D eigenvalue weighted by Gasteiger charge is -2.19. The number of amides is 2. The van der Waals surface area contributed by atoms with Gasteiger partial charge in [-0.2, -0.15) is 0 Å². The lowest BCUT2D eigenvalue weighted by Crippen LogP contribution is -2.36. The molecule has 0 atom stereocenters. The monoisotopic (exact) mass is 207 g/mol. The SMILES string of the molecule is C=C(/C=C\C=C/C)C(=O)N(C=O)C(C)C. The van der Waals surface area contributed by atoms with Crippen LogP contribution in [-0.4, -0.2) is 23.3 Å². The molecule has 3 heteroatoms. The molecule has 0 rings (SSSR count). The zero-order valence-corrected chi connectivity index (χ0v) is 9.43. The molecule has 0 aromatic carbocycles. The zero-order chi connectivity index (χ0) is 11.8. The summed E-state index contributed by atoms with van der Waals surface area (Å²) in [6.45, 7) is 9.03. The molecule has 15 heavy (non-hydrogen) atoms. The predicted octanol–water partition coefficient (Wildman–Crippen LogP) is 2.07. The molecule has 3 nitrogen and oxygen atoms in total. The Balaban J connectivity index is 4.56. The van der Waals surface area contributed by atoms with Crippen molar-refractivity contribution >= 4 is 12.3 Å². The second-order valence-electron chi connectivity index (χ2n) is 3.32. The summed E-state index contributed by atoms with van der Waals surface area (Å²) in [5.41, 5.74) is 0.300.